The highest BCUT2D eigenvalue weighted by Gasteiger charge is 2.18. The van der Waals surface area contributed by atoms with E-state index in [0.717, 1.165) is 33.9 Å². The van der Waals surface area contributed by atoms with Crippen LogP contribution in [0.1, 0.15) is 39.3 Å². The number of pyridine rings is 1. The molecule has 1 aromatic carbocycles. The summed E-state index contributed by atoms with van der Waals surface area (Å²) in [5.74, 6) is 0.710. The van der Waals surface area contributed by atoms with E-state index in [9.17, 15) is 0 Å². The van der Waals surface area contributed by atoms with Gasteiger partial charge in [0, 0.05) is 29.6 Å². The predicted molar refractivity (Wildman–Crippen MR) is 124 cm³/mol. The summed E-state index contributed by atoms with van der Waals surface area (Å²) < 4.78 is 3.64. The van der Waals surface area contributed by atoms with Crippen molar-refractivity contribution in [3.8, 4) is 40.1 Å². The van der Waals surface area contributed by atoms with Gasteiger partial charge in [0.25, 0.3) is 0 Å². The highest BCUT2D eigenvalue weighted by molar-refractivity contribution is 5.79. The molecule has 5 aromatic rings. The number of nitriles is 1. The summed E-state index contributed by atoms with van der Waals surface area (Å²) in [6.07, 6.45) is 5.40. The van der Waals surface area contributed by atoms with Crippen molar-refractivity contribution in [1.29, 1.82) is 5.26 Å². The maximum absolute atomic E-state index is 9.06. The molecule has 4 heterocycles. The van der Waals surface area contributed by atoms with Gasteiger partial charge in [-0.3, -0.25) is 4.68 Å². The van der Waals surface area contributed by atoms with Gasteiger partial charge in [0.05, 0.1) is 17.3 Å². The van der Waals surface area contributed by atoms with Crippen molar-refractivity contribution in [2.75, 3.05) is 0 Å². The normalized spacial score (nSPS) is 10.8. The van der Waals surface area contributed by atoms with E-state index in [-0.39, 0.29) is 6.04 Å². The lowest BCUT2D eigenvalue weighted by atomic mass is 10.1. The Morgan fingerprint density at radius 1 is 1.00 bits per heavy atom. The Balaban J connectivity index is 0.00000119. The number of benzene rings is 1. The van der Waals surface area contributed by atoms with Crippen LogP contribution in [-0.4, -0.2) is 34.3 Å². The number of nitrogens with one attached hydrogen (secondary N) is 1. The number of H-pyrrole nitrogens is 1. The van der Waals surface area contributed by atoms with Crippen molar-refractivity contribution >= 4 is 5.65 Å². The lowest BCUT2D eigenvalue weighted by molar-refractivity contribution is 0.534. The molecule has 0 saturated heterocycles. The van der Waals surface area contributed by atoms with E-state index in [4.69, 9.17) is 15.3 Å². The first-order valence-corrected chi connectivity index (χ1v) is 10.6. The molecular weight excluding hydrogens is 400 g/mol. The Morgan fingerprint density at radius 2 is 1.75 bits per heavy atom. The summed E-state index contributed by atoms with van der Waals surface area (Å²) in [6.45, 7) is 8.18. The van der Waals surface area contributed by atoms with Gasteiger partial charge in [0.15, 0.2) is 5.65 Å². The number of rotatable bonds is 4. The number of fused-ring (bicyclic) bond motifs is 1. The third kappa shape index (κ3) is 3.88. The number of hydrogen-bond acceptors (Lipinski definition) is 5. The van der Waals surface area contributed by atoms with E-state index >= 15 is 0 Å². The van der Waals surface area contributed by atoms with Crippen LogP contribution in [0.4, 0.5) is 0 Å². The summed E-state index contributed by atoms with van der Waals surface area (Å²) in [5, 5.41) is 18.0. The molecule has 0 fully saturated rings. The molecule has 0 unspecified atom stereocenters. The average molecular weight is 425 g/mol. The van der Waals surface area contributed by atoms with Gasteiger partial charge in [-0.1, -0.05) is 13.8 Å². The number of aromatic amines is 1. The second kappa shape index (κ2) is 8.86. The minimum Gasteiger partial charge on any atom is -0.336 e. The van der Waals surface area contributed by atoms with Crippen LogP contribution < -0.4 is 0 Å². The van der Waals surface area contributed by atoms with Gasteiger partial charge in [0.2, 0.25) is 0 Å². The first-order chi connectivity index (χ1) is 15.6. The van der Waals surface area contributed by atoms with Crippen LogP contribution >= 0.6 is 0 Å². The Morgan fingerprint density at radius 3 is 2.44 bits per heavy atom. The molecule has 0 saturated carbocycles. The fourth-order valence-electron chi connectivity index (χ4n) is 3.32. The van der Waals surface area contributed by atoms with E-state index in [0.29, 0.717) is 11.4 Å². The molecule has 8 nitrogen and oxygen atoms in total. The summed E-state index contributed by atoms with van der Waals surface area (Å²) in [4.78, 5) is 12.5. The fraction of sp³-hybridized carbons (Fsp3) is 0.208. The summed E-state index contributed by atoms with van der Waals surface area (Å²) in [5.41, 5.74) is 5.59. The molecule has 8 heteroatoms. The Kier molecular flexibility index (Phi) is 5.81. The first kappa shape index (κ1) is 21.0. The highest BCUT2D eigenvalue weighted by atomic mass is 15.3. The topological polar surface area (TPSA) is 100 Å². The minimum atomic E-state index is 0.259. The second-order valence-electron chi connectivity index (χ2n) is 7.25. The monoisotopic (exact) mass is 424 g/mol. The van der Waals surface area contributed by atoms with Gasteiger partial charge >= 0.3 is 0 Å². The molecule has 160 valence electrons. The average Bonchev–Trinajstić information content (AvgIpc) is 3.59. The molecule has 0 aliphatic heterocycles. The summed E-state index contributed by atoms with van der Waals surface area (Å²) >= 11 is 0. The Labute approximate surface area is 186 Å². The van der Waals surface area contributed by atoms with Crippen molar-refractivity contribution in [1.82, 2.24) is 34.3 Å². The third-order valence-corrected chi connectivity index (χ3v) is 4.93. The van der Waals surface area contributed by atoms with E-state index in [2.05, 4.69) is 35.0 Å². The largest absolute Gasteiger partial charge is 0.336 e. The number of imidazole rings is 1. The van der Waals surface area contributed by atoms with Crippen LogP contribution in [0.2, 0.25) is 0 Å². The van der Waals surface area contributed by atoms with Crippen molar-refractivity contribution in [2.45, 2.75) is 33.7 Å². The predicted octanol–water partition coefficient (Wildman–Crippen LogP) is 5.13. The standard InChI is InChI=1S/C22H18N8.C2H6/c1-14(2)29-10-9-18(28-29)21-20(17-7-8-19-24-13-25-30(19)12-17)26-22(27-21)16-5-3-15(11-23)4-6-16;1-2/h3-10,12-14H,1-2H3,(H,26,27);1-2H3. The van der Waals surface area contributed by atoms with Gasteiger partial charge in [-0.05, 0) is 56.3 Å². The SMILES string of the molecule is CC.CC(C)n1ccc(-c2[nH]c(-c3ccc(C#N)cc3)nc2-c2ccc3ncnn3c2)n1. The number of aromatic nitrogens is 7. The van der Waals surface area contributed by atoms with E-state index in [1.165, 1.54) is 6.33 Å². The molecule has 0 spiro atoms. The first-order valence-electron chi connectivity index (χ1n) is 10.6. The van der Waals surface area contributed by atoms with Crippen LogP contribution in [-0.2, 0) is 0 Å². The lowest BCUT2D eigenvalue weighted by Crippen LogP contribution is -2.01. The smallest absolute Gasteiger partial charge is 0.155 e. The van der Waals surface area contributed by atoms with Crippen LogP contribution in [0.15, 0.2) is 61.2 Å². The molecule has 1 N–H and O–H groups in total. The lowest BCUT2D eigenvalue weighted by Gasteiger charge is -2.04. The fourth-order valence-corrected chi connectivity index (χ4v) is 3.32. The molecule has 0 aliphatic rings. The molecular formula is C24H24N8. The molecule has 4 aromatic heterocycles. The summed E-state index contributed by atoms with van der Waals surface area (Å²) in [7, 11) is 0. The van der Waals surface area contributed by atoms with E-state index in [1.807, 2.05) is 61.3 Å². The minimum absolute atomic E-state index is 0.259. The van der Waals surface area contributed by atoms with Crippen LogP contribution in [0.5, 0.6) is 0 Å². The van der Waals surface area contributed by atoms with Crippen molar-refractivity contribution < 1.29 is 0 Å². The number of nitrogens with zero attached hydrogens (tertiary/aromatic N) is 7. The zero-order valence-electron chi connectivity index (χ0n) is 18.5. The maximum atomic E-state index is 9.06. The Hall–Kier alpha value is -4.25. The maximum Gasteiger partial charge on any atom is 0.155 e. The van der Waals surface area contributed by atoms with Gasteiger partial charge < -0.3 is 4.98 Å². The van der Waals surface area contributed by atoms with Crippen LogP contribution in [0.3, 0.4) is 0 Å². The van der Waals surface area contributed by atoms with Gasteiger partial charge in [-0.25, -0.2) is 14.5 Å². The third-order valence-electron chi connectivity index (χ3n) is 4.93. The quantitative estimate of drug-likeness (QED) is 0.431. The molecule has 32 heavy (non-hydrogen) atoms. The van der Waals surface area contributed by atoms with Gasteiger partial charge in [-0.15, -0.1) is 0 Å². The molecule has 0 bridgehead atoms. The zero-order valence-corrected chi connectivity index (χ0v) is 18.5. The van der Waals surface area contributed by atoms with Crippen LogP contribution in [0, 0.1) is 11.3 Å². The van der Waals surface area contributed by atoms with E-state index < -0.39 is 0 Å². The second-order valence-corrected chi connectivity index (χ2v) is 7.25. The Bertz CT molecular complexity index is 1380. The van der Waals surface area contributed by atoms with E-state index in [1.54, 1.807) is 16.6 Å². The molecule has 0 atom stereocenters. The zero-order chi connectivity index (χ0) is 22.7. The molecule has 0 aliphatic carbocycles. The van der Waals surface area contributed by atoms with Crippen molar-refractivity contribution in [3.63, 3.8) is 0 Å². The highest BCUT2D eigenvalue weighted by Crippen LogP contribution is 2.32. The molecule has 0 amide bonds. The van der Waals surface area contributed by atoms with Crippen LogP contribution in [0.25, 0.3) is 39.7 Å². The number of hydrogen-bond donors (Lipinski definition) is 1. The summed E-state index contributed by atoms with van der Waals surface area (Å²) in [6, 6.07) is 15.6. The van der Waals surface area contributed by atoms with Crippen molar-refractivity contribution in [3.05, 3.63) is 66.7 Å². The molecule has 0 radical (unpaired) electrons. The molecule has 5 rings (SSSR count). The van der Waals surface area contributed by atoms with Crippen molar-refractivity contribution in [2.24, 2.45) is 0 Å². The van der Waals surface area contributed by atoms with Gasteiger partial charge in [-0.2, -0.15) is 15.5 Å². The van der Waals surface area contributed by atoms with Gasteiger partial charge in [0.1, 0.15) is 23.5 Å².